The van der Waals surface area contributed by atoms with Gasteiger partial charge in [-0.25, -0.2) is 4.98 Å². The van der Waals surface area contributed by atoms with Crippen molar-refractivity contribution in [2.45, 2.75) is 26.6 Å². The van der Waals surface area contributed by atoms with Gasteiger partial charge < -0.3 is 21.2 Å². The number of fused-ring (bicyclic) bond motifs is 1. The normalized spacial score (nSPS) is 11.5. The number of primary amides is 1. The van der Waals surface area contributed by atoms with Gasteiger partial charge in [-0.1, -0.05) is 0 Å². The topological polar surface area (TPSA) is 189 Å². The monoisotopic (exact) mass is 487 g/mol. The summed E-state index contributed by atoms with van der Waals surface area (Å²) < 4.78 is 39.9. The molecule has 13 nitrogen and oxygen atoms in total. The van der Waals surface area contributed by atoms with E-state index in [1.807, 2.05) is 0 Å². The van der Waals surface area contributed by atoms with Gasteiger partial charge in [-0.2, -0.15) is 17.9 Å². The molecule has 0 saturated carbocycles. The molecular formula is C16H12F3N7O6S. The average molecular weight is 487 g/mol. The standard InChI is InChI=1S/C16H12F3N7O6S/c1-5-3-7(16(17,18)19)21-15-9(5)10(12(33-15)13(20)28)22-8(27)4-24-6(2)11(25(29)30)14(23-24)26(31)32/h3H,4H2,1-2H3,(H2,20,28)(H,22,27). The van der Waals surface area contributed by atoms with E-state index >= 15 is 0 Å². The van der Waals surface area contributed by atoms with Crippen molar-refractivity contribution < 1.29 is 32.6 Å². The van der Waals surface area contributed by atoms with Crippen LogP contribution in [0.3, 0.4) is 0 Å². The maximum atomic E-state index is 13.1. The third kappa shape index (κ3) is 4.29. The Balaban J connectivity index is 2.03. The van der Waals surface area contributed by atoms with E-state index in [0.29, 0.717) is 11.3 Å². The SMILES string of the molecule is Cc1cc(C(F)(F)F)nc2sc(C(N)=O)c(NC(=O)Cn3nc([N+](=O)[O-])c([N+](=O)[O-])c3C)c12. The summed E-state index contributed by atoms with van der Waals surface area (Å²) in [6, 6.07) is 0.736. The van der Waals surface area contributed by atoms with Crippen LogP contribution in [0.1, 0.15) is 26.6 Å². The summed E-state index contributed by atoms with van der Waals surface area (Å²) in [4.78, 5) is 47.5. The summed E-state index contributed by atoms with van der Waals surface area (Å²) in [5.74, 6) is -3.03. The number of thiophene rings is 1. The van der Waals surface area contributed by atoms with Crippen molar-refractivity contribution in [3.63, 3.8) is 0 Å². The number of aryl methyl sites for hydroxylation is 1. The molecule has 3 aromatic heterocycles. The lowest BCUT2D eigenvalue weighted by molar-refractivity contribution is -0.424. The zero-order valence-electron chi connectivity index (χ0n) is 16.6. The number of carbonyl (C=O) groups excluding carboxylic acids is 2. The number of aromatic nitrogens is 3. The van der Waals surface area contributed by atoms with Crippen molar-refractivity contribution in [3.8, 4) is 0 Å². The summed E-state index contributed by atoms with van der Waals surface area (Å²) in [7, 11) is 0. The van der Waals surface area contributed by atoms with E-state index in [1.165, 1.54) is 6.92 Å². The molecule has 2 amide bonds. The van der Waals surface area contributed by atoms with E-state index in [9.17, 15) is 43.0 Å². The maximum Gasteiger partial charge on any atom is 0.468 e. The number of hydrogen-bond acceptors (Lipinski definition) is 9. The number of carbonyl (C=O) groups is 2. The number of nitrogens with two attached hydrogens (primary N) is 1. The second-order valence-corrected chi connectivity index (χ2v) is 7.65. The number of nitrogens with zero attached hydrogens (tertiary/aromatic N) is 5. The minimum absolute atomic E-state index is 0.0456. The molecule has 0 atom stereocenters. The fourth-order valence-electron chi connectivity index (χ4n) is 3.05. The Morgan fingerprint density at radius 2 is 1.88 bits per heavy atom. The van der Waals surface area contributed by atoms with Crippen LogP contribution in [0.25, 0.3) is 10.2 Å². The number of anilines is 1. The molecule has 0 aliphatic carbocycles. The zero-order valence-corrected chi connectivity index (χ0v) is 17.4. The molecule has 0 unspecified atom stereocenters. The predicted molar refractivity (Wildman–Crippen MR) is 107 cm³/mol. The summed E-state index contributed by atoms with van der Waals surface area (Å²) in [5, 5.41) is 28.0. The van der Waals surface area contributed by atoms with Crippen LogP contribution in [-0.4, -0.2) is 36.4 Å². The Hall–Kier alpha value is -4.15. The first kappa shape index (κ1) is 23.5. The van der Waals surface area contributed by atoms with Crippen LogP contribution in [0, 0.1) is 34.1 Å². The lowest BCUT2D eigenvalue weighted by Gasteiger charge is -2.09. The highest BCUT2D eigenvalue weighted by molar-refractivity contribution is 7.21. The van der Waals surface area contributed by atoms with E-state index in [0.717, 1.165) is 17.7 Å². The number of nitro groups is 2. The van der Waals surface area contributed by atoms with Crippen molar-refractivity contribution in [1.29, 1.82) is 0 Å². The fourth-order valence-corrected chi connectivity index (χ4v) is 4.11. The second-order valence-electron chi connectivity index (χ2n) is 6.65. The molecule has 3 N–H and O–H groups in total. The van der Waals surface area contributed by atoms with Crippen LogP contribution in [0.5, 0.6) is 0 Å². The van der Waals surface area contributed by atoms with Gasteiger partial charge in [0.1, 0.15) is 27.6 Å². The largest absolute Gasteiger partial charge is 0.468 e. The molecule has 0 spiro atoms. The molecule has 17 heteroatoms. The van der Waals surface area contributed by atoms with E-state index in [4.69, 9.17) is 5.73 Å². The molecule has 0 saturated heterocycles. The van der Waals surface area contributed by atoms with Crippen molar-refractivity contribution in [1.82, 2.24) is 14.8 Å². The highest BCUT2D eigenvalue weighted by atomic mass is 32.1. The Morgan fingerprint density at radius 1 is 1.24 bits per heavy atom. The molecule has 3 heterocycles. The molecule has 0 aliphatic heterocycles. The first-order valence-corrected chi connectivity index (χ1v) is 9.51. The van der Waals surface area contributed by atoms with Crippen molar-refractivity contribution in [3.05, 3.63) is 48.1 Å². The Kier molecular flexibility index (Phi) is 5.76. The number of pyridine rings is 1. The fraction of sp³-hybridized carbons (Fsp3) is 0.250. The molecule has 174 valence electrons. The van der Waals surface area contributed by atoms with E-state index < -0.39 is 51.6 Å². The van der Waals surface area contributed by atoms with E-state index in [1.54, 1.807) is 0 Å². The molecule has 0 radical (unpaired) electrons. The van der Waals surface area contributed by atoms with Gasteiger partial charge >= 0.3 is 17.7 Å². The quantitative estimate of drug-likeness (QED) is 0.392. The molecule has 3 rings (SSSR count). The molecule has 0 bridgehead atoms. The van der Waals surface area contributed by atoms with Crippen LogP contribution < -0.4 is 11.1 Å². The summed E-state index contributed by atoms with van der Waals surface area (Å²) in [6.07, 6.45) is -4.75. The summed E-state index contributed by atoms with van der Waals surface area (Å²) >= 11 is 0.541. The Bertz CT molecular complexity index is 1350. The third-order valence-corrected chi connectivity index (χ3v) is 5.54. The number of nitrogens with one attached hydrogen (secondary N) is 1. The highest BCUT2D eigenvalue weighted by Crippen LogP contribution is 2.39. The lowest BCUT2D eigenvalue weighted by Crippen LogP contribution is -2.22. The number of alkyl halides is 3. The van der Waals surface area contributed by atoms with Gasteiger partial charge in [0.15, 0.2) is 0 Å². The number of amides is 2. The van der Waals surface area contributed by atoms with Crippen LogP contribution >= 0.6 is 11.3 Å². The maximum absolute atomic E-state index is 13.1. The Morgan fingerprint density at radius 3 is 2.36 bits per heavy atom. The molecule has 0 fully saturated rings. The minimum atomic E-state index is -4.75. The summed E-state index contributed by atoms with van der Waals surface area (Å²) in [5.41, 5.74) is 2.78. The minimum Gasteiger partial charge on any atom is -0.365 e. The molecular weight excluding hydrogens is 475 g/mol. The van der Waals surface area contributed by atoms with E-state index in [2.05, 4.69) is 15.4 Å². The van der Waals surface area contributed by atoms with Gasteiger partial charge in [0, 0.05) is 5.39 Å². The van der Waals surface area contributed by atoms with Crippen LogP contribution in [0.4, 0.5) is 30.4 Å². The van der Waals surface area contributed by atoms with Gasteiger partial charge in [0.25, 0.3) is 5.91 Å². The zero-order chi connectivity index (χ0) is 24.8. The van der Waals surface area contributed by atoms with Crippen LogP contribution in [-0.2, 0) is 17.5 Å². The first-order valence-electron chi connectivity index (χ1n) is 8.69. The lowest BCUT2D eigenvalue weighted by atomic mass is 10.1. The average Bonchev–Trinajstić information content (AvgIpc) is 3.20. The van der Waals surface area contributed by atoms with Gasteiger partial charge in [-0.05, 0) is 30.4 Å². The van der Waals surface area contributed by atoms with Crippen molar-refractivity contribution in [2.24, 2.45) is 5.73 Å². The van der Waals surface area contributed by atoms with Crippen LogP contribution in [0.15, 0.2) is 6.07 Å². The van der Waals surface area contributed by atoms with Crippen molar-refractivity contribution >= 4 is 50.6 Å². The Labute approximate surface area is 184 Å². The molecule has 0 aromatic carbocycles. The highest BCUT2D eigenvalue weighted by Gasteiger charge is 2.37. The third-order valence-electron chi connectivity index (χ3n) is 4.44. The smallest absolute Gasteiger partial charge is 0.365 e. The second kappa shape index (κ2) is 8.08. The molecule has 33 heavy (non-hydrogen) atoms. The van der Waals surface area contributed by atoms with Crippen LogP contribution in [0.2, 0.25) is 0 Å². The van der Waals surface area contributed by atoms with Gasteiger partial charge in [0.2, 0.25) is 5.91 Å². The number of hydrogen-bond donors (Lipinski definition) is 2. The number of halogens is 3. The first-order chi connectivity index (χ1) is 15.2. The van der Waals surface area contributed by atoms with E-state index in [-0.39, 0.29) is 32.0 Å². The van der Waals surface area contributed by atoms with Gasteiger partial charge in [-0.3, -0.25) is 19.7 Å². The molecule has 3 aromatic rings. The molecule has 0 aliphatic rings. The number of rotatable bonds is 6. The van der Waals surface area contributed by atoms with Gasteiger partial charge in [0.05, 0.1) is 15.7 Å². The van der Waals surface area contributed by atoms with Crippen molar-refractivity contribution in [2.75, 3.05) is 5.32 Å². The van der Waals surface area contributed by atoms with Gasteiger partial charge in [-0.15, -0.1) is 11.3 Å². The predicted octanol–water partition coefficient (Wildman–Crippen LogP) is 2.68. The summed E-state index contributed by atoms with van der Waals surface area (Å²) in [6.45, 7) is 1.73.